The van der Waals surface area contributed by atoms with Gasteiger partial charge >= 0.3 is 0 Å². The van der Waals surface area contributed by atoms with Crippen LogP contribution >= 0.6 is 23.2 Å². The highest BCUT2D eigenvalue weighted by molar-refractivity contribution is 6.59. The van der Waals surface area contributed by atoms with Gasteiger partial charge in [0.2, 0.25) is 17.5 Å². The summed E-state index contributed by atoms with van der Waals surface area (Å²) in [7, 11) is 0. The molecule has 1 amide bonds. The molecular formula is C14H14Cl2N2O3. The molecule has 5 nitrogen and oxygen atoms in total. The van der Waals surface area contributed by atoms with Gasteiger partial charge < -0.3 is 11.1 Å². The molecule has 112 valence electrons. The summed E-state index contributed by atoms with van der Waals surface area (Å²) >= 11 is 11.4. The fourth-order valence-corrected chi connectivity index (χ4v) is 2.03. The first kappa shape index (κ1) is 17.4. The van der Waals surface area contributed by atoms with Crippen molar-refractivity contribution in [1.82, 2.24) is 0 Å². The summed E-state index contributed by atoms with van der Waals surface area (Å²) in [6.07, 6.45) is 0. The minimum absolute atomic E-state index is 0.106. The fourth-order valence-electron chi connectivity index (χ4n) is 1.66. The van der Waals surface area contributed by atoms with Crippen LogP contribution < -0.4 is 11.1 Å². The molecule has 0 aromatic heterocycles. The third-order valence-corrected chi connectivity index (χ3v) is 3.39. The second-order valence-corrected chi connectivity index (χ2v) is 4.55. The molecule has 0 spiro atoms. The predicted octanol–water partition coefficient (Wildman–Crippen LogP) is 2.68. The normalized spacial score (nSPS) is 13.4. The van der Waals surface area contributed by atoms with E-state index in [0.717, 1.165) is 0 Å². The Kier molecular flexibility index (Phi) is 6.08. The monoisotopic (exact) mass is 328 g/mol. The van der Waals surface area contributed by atoms with Crippen molar-refractivity contribution in [2.24, 2.45) is 5.73 Å². The number of amides is 1. The van der Waals surface area contributed by atoms with E-state index in [2.05, 4.69) is 5.32 Å². The molecule has 0 saturated carbocycles. The van der Waals surface area contributed by atoms with Crippen LogP contribution in [0.4, 0.5) is 5.69 Å². The zero-order chi connectivity index (χ0) is 16.2. The molecule has 0 saturated heterocycles. The first-order chi connectivity index (χ1) is 9.95. The van der Waals surface area contributed by atoms with Crippen LogP contribution in [0.15, 0.2) is 28.3 Å². The van der Waals surface area contributed by atoms with E-state index in [-0.39, 0.29) is 27.7 Å². The number of carbonyl (C=O) groups is 3. The summed E-state index contributed by atoms with van der Waals surface area (Å²) in [5.41, 5.74) is 5.79. The standard InChI is InChI=1S/C12H8Cl2N2O3.C2H6/c13-9-10(14)12(19)7-3-5(16-8(17)4-15)1-2-6(7)11(9)18;1-2/h1-3H,4,15H2,(H,16,17);1-2H3. The van der Waals surface area contributed by atoms with E-state index < -0.39 is 17.5 Å². The highest BCUT2D eigenvalue weighted by atomic mass is 35.5. The van der Waals surface area contributed by atoms with E-state index in [9.17, 15) is 14.4 Å². The van der Waals surface area contributed by atoms with Crippen molar-refractivity contribution in [2.45, 2.75) is 13.8 Å². The Morgan fingerprint density at radius 1 is 1.10 bits per heavy atom. The Morgan fingerprint density at radius 2 is 1.62 bits per heavy atom. The number of nitrogens with two attached hydrogens (primary N) is 1. The Hall–Kier alpha value is -1.69. The average molecular weight is 329 g/mol. The lowest BCUT2D eigenvalue weighted by atomic mass is 9.94. The second-order valence-electron chi connectivity index (χ2n) is 3.80. The first-order valence-electron chi connectivity index (χ1n) is 6.24. The maximum Gasteiger partial charge on any atom is 0.238 e. The van der Waals surface area contributed by atoms with Crippen LogP contribution in [-0.2, 0) is 4.79 Å². The molecule has 1 aliphatic carbocycles. The van der Waals surface area contributed by atoms with Gasteiger partial charge in [0.25, 0.3) is 0 Å². The van der Waals surface area contributed by atoms with E-state index in [1.54, 1.807) is 0 Å². The number of allylic oxidation sites excluding steroid dienone is 2. The van der Waals surface area contributed by atoms with Crippen molar-refractivity contribution in [3.63, 3.8) is 0 Å². The molecular weight excluding hydrogens is 315 g/mol. The molecule has 0 aliphatic heterocycles. The summed E-state index contributed by atoms with van der Waals surface area (Å²) < 4.78 is 0. The molecule has 0 radical (unpaired) electrons. The van der Waals surface area contributed by atoms with E-state index >= 15 is 0 Å². The number of fused-ring (bicyclic) bond motifs is 1. The van der Waals surface area contributed by atoms with Crippen molar-refractivity contribution in [1.29, 1.82) is 0 Å². The number of ketones is 2. The fraction of sp³-hybridized carbons (Fsp3) is 0.214. The lowest BCUT2D eigenvalue weighted by Gasteiger charge is -2.15. The third-order valence-electron chi connectivity index (χ3n) is 2.57. The van der Waals surface area contributed by atoms with Crippen molar-refractivity contribution in [2.75, 3.05) is 11.9 Å². The predicted molar refractivity (Wildman–Crippen MR) is 82.9 cm³/mol. The highest BCUT2D eigenvalue weighted by Crippen LogP contribution is 2.31. The van der Waals surface area contributed by atoms with Gasteiger partial charge in [-0.3, -0.25) is 14.4 Å². The molecule has 0 fully saturated rings. The Balaban J connectivity index is 0.00000106. The minimum Gasteiger partial charge on any atom is -0.325 e. The number of nitrogens with one attached hydrogen (secondary N) is 1. The highest BCUT2D eigenvalue weighted by Gasteiger charge is 2.30. The number of hydrogen-bond donors (Lipinski definition) is 2. The van der Waals surface area contributed by atoms with Gasteiger partial charge in [-0.25, -0.2) is 0 Å². The Morgan fingerprint density at radius 3 is 2.14 bits per heavy atom. The molecule has 1 aromatic carbocycles. The van der Waals surface area contributed by atoms with Crippen LogP contribution in [0.25, 0.3) is 0 Å². The Labute approximate surface area is 132 Å². The molecule has 2 rings (SSSR count). The van der Waals surface area contributed by atoms with Gasteiger partial charge in [-0.1, -0.05) is 37.0 Å². The van der Waals surface area contributed by atoms with Crippen molar-refractivity contribution < 1.29 is 14.4 Å². The maximum atomic E-state index is 11.9. The van der Waals surface area contributed by atoms with Crippen LogP contribution in [0.1, 0.15) is 34.6 Å². The average Bonchev–Trinajstić information content (AvgIpc) is 2.52. The number of Topliss-reactive ketones (excluding diaryl/α,β-unsaturated/α-hetero) is 2. The third kappa shape index (κ3) is 3.50. The largest absolute Gasteiger partial charge is 0.325 e. The molecule has 1 aliphatic rings. The van der Waals surface area contributed by atoms with E-state index in [4.69, 9.17) is 28.9 Å². The molecule has 0 atom stereocenters. The van der Waals surface area contributed by atoms with Crippen LogP contribution in [-0.4, -0.2) is 24.0 Å². The van der Waals surface area contributed by atoms with Gasteiger partial charge in [0, 0.05) is 16.8 Å². The molecule has 7 heteroatoms. The van der Waals surface area contributed by atoms with Crippen molar-refractivity contribution >= 4 is 46.4 Å². The lowest BCUT2D eigenvalue weighted by molar-refractivity contribution is -0.114. The summed E-state index contributed by atoms with van der Waals surface area (Å²) in [4.78, 5) is 34.9. The molecule has 0 unspecified atom stereocenters. The number of halogens is 2. The molecule has 0 heterocycles. The van der Waals surface area contributed by atoms with Gasteiger partial charge in [-0.2, -0.15) is 0 Å². The van der Waals surface area contributed by atoms with Crippen LogP contribution in [0, 0.1) is 0 Å². The van der Waals surface area contributed by atoms with Crippen LogP contribution in [0.5, 0.6) is 0 Å². The Bertz CT molecular complexity index is 639. The summed E-state index contributed by atoms with van der Waals surface area (Å²) in [5, 5.41) is 1.87. The smallest absolute Gasteiger partial charge is 0.238 e. The summed E-state index contributed by atoms with van der Waals surface area (Å²) in [5.74, 6) is -1.47. The molecule has 21 heavy (non-hydrogen) atoms. The lowest BCUT2D eigenvalue weighted by Crippen LogP contribution is -2.23. The molecule has 3 N–H and O–H groups in total. The van der Waals surface area contributed by atoms with E-state index in [1.165, 1.54) is 18.2 Å². The van der Waals surface area contributed by atoms with Crippen molar-refractivity contribution in [3.05, 3.63) is 39.4 Å². The number of benzene rings is 1. The van der Waals surface area contributed by atoms with Gasteiger partial charge in [0.05, 0.1) is 6.54 Å². The van der Waals surface area contributed by atoms with Gasteiger partial charge in [0.15, 0.2) is 0 Å². The first-order valence-corrected chi connectivity index (χ1v) is 7.00. The van der Waals surface area contributed by atoms with Gasteiger partial charge in [-0.15, -0.1) is 0 Å². The SMILES string of the molecule is CC.NCC(=O)Nc1ccc2c(c1)C(=O)C(Cl)=C(Cl)C2=O. The number of carbonyl (C=O) groups excluding carboxylic acids is 3. The number of hydrogen-bond acceptors (Lipinski definition) is 4. The number of anilines is 1. The summed E-state index contributed by atoms with van der Waals surface area (Å²) in [6, 6.07) is 4.27. The summed E-state index contributed by atoms with van der Waals surface area (Å²) in [6.45, 7) is 3.82. The maximum absolute atomic E-state index is 11.9. The minimum atomic E-state index is -0.551. The van der Waals surface area contributed by atoms with Crippen molar-refractivity contribution in [3.8, 4) is 0 Å². The van der Waals surface area contributed by atoms with E-state index in [1.807, 2.05) is 13.8 Å². The molecule has 0 bridgehead atoms. The molecule has 1 aromatic rings. The second kappa shape index (κ2) is 7.36. The van der Waals surface area contributed by atoms with E-state index in [0.29, 0.717) is 5.69 Å². The van der Waals surface area contributed by atoms with Gasteiger partial charge in [-0.05, 0) is 18.2 Å². The van der Waals surface area contributed by atoms with Crippen LogP contribution in [0.3, 0.4) is 0 Å². The zero-order valence-corrected chi connectivity index (χ0v) is 13.0. The topological polar surface area (TPSA) is 89.3 Å². The van der Waals surface area contributed by atoms with Gasteiger partial charge in [0.1, 0.15) is 10.1 Å². The zero-order valence-electron chi connectivity index (χ0n) is 11.5. The number of rotatable bonds is 2. The quantitative estimate of drug-likeness (QED) is 0.873. The van der Waals surface area contributed by atoms with Crippen LogP contribution in [0.2, 0.25) is 0 Å².